The molecule has 2 rings (SSSR count). The van der Waals surface area contributed by atoms with Crippen LogP contribution in [0.1, 0.15) is 11.3 Å². The van der Waals surface area contributed by atoms with Crippen LogP contribution in [0.25, 0.3) is 6.08 Å². The van der Waals surface area contributed by atoms with Crippen LogP contribution in [0.4, 0.5) is 5.69 Å². The van der Waals surface area contributed by atoms with E-state index < -0.39 is 0 Å². The first-order chi connectivity index (χ1) is 9.15. The van der Waals surface area contributed by atoms with Crippen LogP contribution in [0.3, 0.4) is 0 Å². The summed E-state index contributed by atoms with van der Waals surface area (Å²) in [6, 6.07) is 8.97. The first-order valence-electron chi connectivity index (χ1n) is 5.68. The zero-order chi connectivity index (χ0) is 13.7. The summed E-state index contributed by atoms with van der Waals surface area (Å²) >= 11 is 5.86. The lowest BCUT2D eigenvalue weighted by Gasteiger charge is -2.03. The molecule has 0 atom stereocenters. The van der Waals surface area contributed by atoms with Crippen LogP contribution in [0.15, 0.2) is 42.6 Å². The van der Waals surface area contributed by atoms with Crippen LogP contribution in [0, 0.1) is 6.92 Å². The molecule has 0 saturated heterocycles. The Morgan fingerprint density at radius 2 is 2.21 bits per heavy atom. The molecule has 2 aromatic rings. The van der Waals surface area contributed by atoms with E-state index in [4.69, 9.17) is 11.6 Å². The van der Waals surface area contributed by atoms with Crippen molar-refractivity contribution in [2.24, 2.45) is 0 Å². The minimum atomic E-state index is -0.226. The van der Waals surface area contributed by atoms with Gasteiger partial charge in [0, 0.05) is 11.1 Å². The molecule has 0 aliphatic rings. The lowest BCUT2D eigenvalue weighted by Crippen LogP contribution is -2.09. The highest BCUT2D eigenvalue weighted by Crippen LogP contribution is 2.12. The van der Waals surface area contributed by atoms with Crippen molar-refractivity contribution in [2.75, 3.05) is 5.32 Å². The van der Waals surface area contributed by atoms with E-state index in [1.54, 1.807) is 31.2 Å². The Labute approximate surface area is 116 Å². The predicted molar refractivity (Wildman–Crippen MR) is 75.9 cm³/mol. The van der Waals surface area contributed by atoms with E-state index in [-0.39, 0.29) is 5.91 Å². The van der Waals surface area contributed by atoms with Gasteiger partial charge >= 0.3 is 0 Å². The van der Waals surface area contributed by atoms with Crippen molar-refractivity contribution in [1.29, 1.82) is 0 Å². The van der Waals surface area contributed by atoms with E-state index in [2.05, 4.69) is 15.5 Å². The topological polar surface area (TPSA) is 54.9 Å². The van der Waals surface area contributed by atoms with Gasteiger partial charge in [-0.3, -0.25) is 4.79 Å². The van der Waals surface area contributed by atoms with E-state index in [1.165, 1.54) is 12.3 Å². The summed E-state index contributed by atoms with van der Waals surface area (Å²) in [6.45, 7) is 1.78. The maximum atomic E-state index is 11.7. The number of halogens is 1. The molecule has 0 aliphatic carbocycles. The Morgan fingerprint density at radius 3 is 2.95 bits per heavy atom. The lowest BCUT2D eigenvalue weighted by atomic mass is 10.2. The van der Waals surface area contributed by atoms with Crippen LogP contribution in [0.5, 0.6) is 0 Å². The van der Waals surface area contributed by atoms with Gasteiger partial charge in [-0.1, -0.05) is 23.7 Å². The molecule has 0 unspecified atom stereocenters. The summed E-state index contributed by atoms with van der Waals surface area (Å²) in [6.07, 6.45) is 4.68. The van der Waals surface area contributed by atoms with Gasteiger partial charge in [0.15, 0.2) is 0 Å². The fourth-order valence-corrected chi connectivity index (χ4v) is 1.69. The molecule has 4 nitrogen and oxygen atoms in total. The zero-order valence-corrected chi connectivity index (χ0v) is 11.1. The standard InChI is InChI=1S/C14H12ClN3O/c1-10-13(7-8-16-18-10)17-14(19)6-5-11-3-2-4-12(15)9-11/h2-9H,1H3,(H,16,17,19)/b6-5+. The number of benzene rings is 1. The molecule has 0 radical (unpaired) electrons. The third-order valence-corrected chi connectivity index (χ3v) is 2.67. The Bertz CT molecular complexity index is 626. The summed E-state index contributed by atoms with van der Waals surface area (Å²) in [5, 5.41) is 10.9. The quantitative estimate of drug-likeness (QED) is 0.875. The molecule has 1 amide bonds. The van der Waals surface area contributed by atoms with E-state index in [0.717, 1.165) is 5.56 Å². The number of aryl methyl sites for hydroxylation is 1. The molecular weight excluding hydrogens is 262 g/mol. The van der Waals surface area contributed by atoms with Gasteiger partial charge in [0.2, 0.25) is 5.91 Å². The number of hydrogen-bond donors (Lipinski definition) is 1. The van der Waals surface area contributed by atoms with Gasteiger partial charge < -0.3 is 5.32 Å². The zero-order valence-electron chi connectivity index (χ0n) is 10.3. The molecule has 1 aromatic carbocycles. The molecule has 0 fully saturated rings. The number of nitrogens with zero attached hydrogens (tertiary/aromatic N) is 2. The number of nitrogens with one attached hydrogen (secondary N) is 1. The van der Waals surface area contributed by atoms with E-state index in [1.807, 2.05) is 12.1 Å². The Morgan fingerprint density at radius 1 is 1.37 bits per heavy atom. The van der Waals surface area contributed by atoms with Gasteiger partial charge in [-0.25, -0.2) is 0 Å². The maximum absolute atomic E-state index is 11.7. The highest BCUT2D eigenvalue weighted by Gasteiger charge is 2.01. The molecule has 96 valence electrons. The minimum absolute atomic E-state index is 0.226. The summed E-state index contributed by atoms with van der Waals surface area (Å²) < 4.78 is 0. The van der Waals surface area contributed by atoms with Gasteiger partial charge in [0.1, 0.15) is 0 Å². The Kier molecular flexibility index (Phi) is 4.26. The largest absolute Gasteiger partial charge is 0.321 e. The molecule has 0 spiro atoms. The molecular formula is C14H12ClN3O. The number of hydrogen-bond acceptors (Lipinski definition) is 3. The second-order valence-corrected chi connectivity index (χ2v) is 4.34. The third-order valence-electron chi connectivity index (χ3n) is 2.44. The van der Waals surface area contributed by atoms with Gasteiger partial charge in [-0.15, -0.1) is 0 Å². The third kappa shape index (κ3) is 3.89. The minimum Gasteiger partial charge on any atom is -0.321 e. The van der Waals surface area contributed by atoms with Crippen molar-refractivity contribution in [2.45, 2.75) is 6.92 Å². The second kappa shape index (κ2) is 6.11. The normalized spacial score (nSPS) is 10.6. The monoisotopic (exact) mass is 273 g/mol. The van der Waals surface area contributed by atoms with Crippen molar-refractivity contribution < 1.29 is 4.79 Å². The molecule has 1 N–H and O–H groups in total. The molecule has 19 heavy (non-hydrogen) atoms. The summed E-state index contributed by atoms with van der Waals surface area (Å²) in [5.41, 5.74) is 2.19. The van der Waals surface area contributed by atoms with Gasteiger partial charge in [-0.05, 0) is 36.8 Å². The number of aromatic nitrogens is 2. The first-order valence-corrected chi connectivity index (χ1v) is 6.06. The van der Waals surface area contributed by atoms with Gasteiger partial charge in [-0.2, -0.15) is 10.2 Å². The average molecular weight is 274 g/mol. The maximum Gasteiger partial charge on any atom is 0.248 e. The van der Waals surface area contributed by atoms with Crippen molar-refractivity contribution >= 4 is 29.3 Å². The van der Waals surface area contributed by atoms with Crippen LogP contribution >= 0.6 is 11.6 Å². The molecule has 1 heterocycles. The summed E-state index contributed by atoms with van der Waals surface area (Å²) in [5.74, 6) is -0.226. The van der Waals surface area contributed by atoms with Gasteiger partial charge in [0.05, 0.1) is 17.6 Å². The van der Waals surface area contributed by atoms with Crippen LogP contribution < -0.4 is 5.32 Å². The van der Waals surface area contributed by atoms with Gasteiger partial charge in [0.25, 0.3) is 0 Å². The number of rotatable bonds is 3. The van der Waals surface area contributed by atoms with Crippen LogP contribution in [-0.2, 0) is 4.79 Å². The number of carbonyl (C=O) groups is 1. The van der Waals surface area contributed by atoms with Crippen molar-refractivity contribution in [3.05, 3.63) is 58.9 Å². The Balaban J connectivity index is 2.04. The fraction of sp³-hybridized carbons (Fsp3) is 0.0714. The fourth-order valence-electron chi connectivity index (χ4n) is 1.49. The van der Waals surface area contributed by atoms with Crippen molar-refractivity contribution in [3.8, 4) is 0 Å². The second-order valence-electron chi connectivity index (χ2n) is 3.91. The summed E-state index contributed by atoms with van der Waals surface area (Å²) in [7, 11) is 0. The highest BCUT2D eigenvalue weighted by atomic mass is 35.5. The number of anilines is 1. The molecule has 1 aromatic heterocycles. The highest BCUT2D eigenvalue weighted by molar-refractivity contribution is 6.30. The molecule has 0 bridgehead atoms. The van der Waals surface area contributed by atoms with Crippen LogP contribution in [-0.4, -0.2) is 16.1 Å². The first kappa shape index (κ1) is 13.2. The van der Waals surface area contributed by atoms with Crippen molar-refractivity contribution in [1.82, 2.24) is 10.2 Å². The van der Waals surface area contributed by atoms with Crippen LogP contribution in [0.2, 0.25) is 5.02 Å². The SMILES string of the molecule is Cc1nnccc1NC(=O)/C=C/c1cccc(Cl)c1. The number of carbonyl (C=O) groups excluding carboxylic acids is 1. The van der Waals surface area contributed by atoms with E-state index in [0.29, 0.717) is 16.4 Å². The summed E-state index contributed by atoms with van der Waals surface area (Å²) in [4.78, 5) is 11.7. The number of amides is 1. The van der Waals surface area contributed by atoms with Crippen molar-refractivity contribution in [3.63, 3.8) is 0 Å². The van der Waals surface area contributed by atoms with E-state index in [9.17, 15) is 4.79 Å². The Hall–Kier alpha value is -2.20. The molecule has 0 aliphatic heterocycles. The molecule has 0 saturated carbocycles. The lowest BCUT2D eigenvalue weighted by molar-refractivity contribution is -0.111. The average Bonchev–Trinajstić information content (AvgIpc) is 2.39. The molecule has 5 heteroatoms. The predicted octanol–water partition coefficient (Wildman–Crippen LogP) is 3.09. The van der Waals surface area contributed by atoms with E-state index >= 15 is 0 Å². The smallest absolute Gasteiger partial charge is 0.248 e.